The van der Waals surface area contributed by atoms with Crippen molar-refractivity contribution in [3.8, 4) is 5.75 Å². The van der Waals surface area contributed by atoms with E-state index in [0.717, 1.165) is 0 Å². The first-order chi connectivity index (χ1) is 9.28. The van der Waals surface area contributed by atoms with Crippen LogP contribution in [0.2, 0.25) is 0 Å². The summed E-state index contributed by atoms with van der Waals surface area (Å²) in [5.41, 5.74) is 0.214. The van der Waals surface area contributed by atoms with Gasteiger partial charge in [-0.05, 0) is 58.4 Å². The van der Waals surface area contributed by atoms with Crippen molar-refractivity contribution in [1.29, 1.82) is 0 Å². The highest BCUT2D eigenvalue weighted by atomic mass is 16.6. The number of hydrogen-bond donors (Lipinski definition) is 0. The van der Waals surface area contributed by atoms with Gasteiger partial charge in [-0.15, -0.1) is 0 Å². The van der Waals surface area contributed by atoms with Crippen molar-refractivity contribution in [2.24, 2.45) is 0 Å². The highest BCUT2D eigenvalue weighted by Crippen LogP contribution is 2.13. The molecule has 1 aromatic rings. The molecule has 0 amide bonds. The van der Waals surface area contributed by atoms with E-state index in [1.807, 2.05) is 20.8 Å². The van der Waals surface area contributed by atoms with Gasteiger partial charge in [-0.3, -0.25) is 9.59 Å². The number of hydrogen-bond acceptors (Lipinski definition) is 4. The maximum absolute atomic E-state index is 11.5. The van der Waals surface area contributed by atoms with Crippen LogP contribution in [0.3, 0.4) is 0 Å². The molecule has 0 fully saturated rings. The monoisotopic (exact) mass is 278 g/mol. The number of ether oxygens (including phenoxy) is 2. The van der Waals surface area contributed by atoms with Gasteiger partial charge in [0, 0.05) is 12.0 Å². The molecular formula is C16H22O4. The molecule has 0 bridgehead atoms. The average molecular weight is 278 g/mol. The van der Waals surface area contributed by atoms with Crippen molar-refractivity contribution in [3.05, 3.63) is 29.8 Å². The number of carbonyl (C=O) groups is 2. The van der Waals surface area contributed by atoms with Crippen LogP contribution in [0.4, 0.5) is 0 Å². The molecule has 0 saturated carbocycles. The molecule has 4 nitrogen and oxygen atoms in total. The molecule has 4 heteroatoms. The van der Waals surface area contributed by atoms with Crippen molar-refractivity contribution in [3.63, 3.8) is 0 Å². The van der Waals surface area contributed by atoms with Gasteiger partial charge in [0.05, 0.1) is 6.61 Å². The SMILES string of the molecule is CC(=O)c1ccc(OCCCC(=O)OC(C)(C)C)cc1. The molecular weight excluding hydrogens is 256 g/mol. The normalized spacial score (nSPS) is 11.0. The zero-order chi connectivity index (χ0) is 15.2. The summed E-state index contributed by atoms with van der Waals surface area (Å²) < 4.78 is 10.7. The Labute approximate surface area is 120 Å². The summed E-state index contributed by atoms with van der Waals surface area (Å²) in [4.78, 5) is 22.6. The molecule has 20 heavy (non-hydrogen) atoms. The second-order valence-corrected chi connectivity index (χ2v) is 5.62. The van der Waals surface area contributed by atoms with Crippen LogP contribution in [0.25, 0.3) is 0 Å². The molecule has 0 aliphatic carbocycles. The summed E-state index contributed by atoms with van der Waals surface area (Å²) >= 11 is 0. The number of rotatable bonds is 6. The molecule has 1 rings (SSSR count). The molecule has 0 unspecified atom stereocenters. The van der Waals surface area contributed by atoms with Crippen LogP contribution in [0.5, 0.6) is 5.75 Å². The summed E-state index contributed by atoms with van der Waals surface area (Å²) in [5, 5.41) is 0. The van der Waals surface area contributed by atoms with E-state index >= 15 is 0 Å². The number of benzene rings is 1. The van der Waals surface area contributed by atoms with Crippen molar-refractivity contribution in [2.45, 2.75) is 46.1 Å². The van der Waals surface area contributed by atoms with E-state index in [-0.39, 0.29) is 11.8 Å². The Balaban J connectivity index is 2.27. The van der Waals surface area contributed by atoms with Crippen LogP contribution < -0.4 is 4.74 Å². The minimum Gasteiger partial charge on any atom is -0.494 e. The lowest BCUT2D eigenvalue weighted by Crippen LogP contribution is -2.23. The number of Topliss-reactive ketones (excluding diaryl/α,β-unsaturated/α-hetero) is 1. The van der Waals surface area contributed by atoms with Crippen LogP contribution in [0.1, 0.15) is 50.9 Å². The van der Waals surface area contributed by atoms with Gasteiger partial charge in [-0.2, -0.15) is 0 Å². The van der Waals surface area contributed by atoms with E-state index in [2.05, 4.69) is 0 Å². The number of ketones is 1. The Morgan fingerprint density at radius 1 is 1.10 bits per heavy atom. The Kier molecular flexibility index (Phi) is 5.74. The van der Waals surface area contributed by atoms with Gasteiger partial charge in [-0.1, -0.05) is 0 Å². The predicted octanol–water partition coefficient (Wildman–Crippen LogP) is 3.39. The lowest BCUT2D eigenvalue weighted by atomic mass is 10.1. The number of esters is 1. The van der Waals surface area contributed by atoms with Crippen LogP contribution in [-0.2, 0) is 9.53 Å². The smallest absolute Gasteiger partial charge is 0.306 e. The fraction of sp³-hybridized carbons (Fsp3) is 0.500. The summed E-state index contributed by atoms with van der Waals surface area (Å²) in [6.45, 7) is 7.50. The second kappa shape index (κ2) is 7.08. The molecule has 0 aliphatic rings. The van der Waals surface area contributed by atoms with Crippen LogP contribution in [-0.4, -0.2) is 24.0 Å². The largest absolute Gasteiger partial charge is 0.494 e. The third kappa shape index (κ3) is 6.36. The third-order valence-corrected chi connectivity index (χ3v) is 2.47. The molecule has 1 aromatic carbocycles. The van der Waals surface area contributed by atoms with Gasteiger partial charge >= 0.3 is 5.97 Å². The minimum absolute atomic E-state index is 0.0291. The standard InChI is InChI=1S/C16H22O4/c1-12(17)13-7-9-14(10-8-13)19-11-5-6-15(18)20-16(2,3)4/h7-10H,5-6,11H2,1-4H3. The molecule has 0 atom stereocenters. The molecule has 0 aliphatic heterocycles. The summed E-state index contributed by atoms with van der Waals surface area (Å²) in [7, 11) is 0. The highest BCUT2D eigenvalue weighted by molar-refractivity contribution is 5.94. The molecule has 0 aromatic heterocycles. The zero-order valence-electron chi connectivity index (χ0n) is 12.6. The van der Waals surface area contributed by atoms with Crippen LogP contribution >= 0.6 is 0 Å². The zero-order valence-corrected chi connectivity index (χ0v) is 12.6. The Morgan fingerprint density at radius 2 is 1.70 bits per heavy atom. The first-order valence-electron chi connectivity index (χ1n) is 6.73. The summed E-state index contributed by atoms with van der Waals surface area (Å²) in [6, 6.07) is 6.96. The number of carbonyl (C=O) groups excluding carboxylic acids is 2. The van der Waals surface area contributed by atoms with E-state index in [1.165, 1.54) is 6.92 Å². The fourth-order valence-corrected chi connectivity index (χ4v) is 1.58. The molecule has 0 N–H and O–H groups in total. The lowest BCUT2D eigenvalue weighted by Gasteiger charge is -2.19. The molecule has 110 valence electrons. The first kappa shape index (κ1) is 16.2. The highest BCUT2D eigenvalue weighted by Gasteiger charge is 2.15. The van der Waals surface area contributed by atoms with Crippen molar-refractivity contribution in [1.82, 2.24) is 0 Å². The van der Waals surface area contributed by atoms with Crippen molar-refractivity contribution in [2.75, 3.05) is 6.61 Å². The predicted molar refractivity (Wildman–Crippen MR) is 77.0 cm³/mol. The van der Waals surface area contributed by atoms with Gasteiger partial charge in [0.1, 0.15) is 11.4 Å². The minimum atomic E-state index is -0.444. The van der Waals surface area contributed by atoms with E-state index in [1.54, 1.807) is 24.3 Å². The van der Waals surface area contributed by atoms with Crippen molar-refractivity contribution >= 4 is 11.8 Å². The Hall–Kier alpha value is -1.84. The fourth-order valence-electron chi connectivity index (χ4n) is 1.58. The summed E-state index contributed by atoms with van der Waals surface area (Å²) in [5.74, 6) is 0.508. The first-order valence-corrected chi connectivity index (χ1v) is 6.73. The van der Waals surface area contributed by atoms with Crippen LogP contribution in [0.15, 0.2) is 24.3 Å². The van der Waals surface area contributed by atoms with E-state index < -0.39 is 5.60 Å². The van der Waals surface area contributed by atoms with Gasteiger partial charge < -0.3 is 9.47 Å². The maximum Gasteiger partial charge on any atom is 0.306 e. The third-order valence-electron chi connectivity index (χ3n) is 2.47. The van der Waals surface area contributed by atoms with Crippen LogP contribution in [0, 0.1) is 0 Å². The quantitative estimate of drug-likeness (QED) is 0.454. The van der Waals surface area contributed by atoms with Crippen molar-refractivity contribution < 1.29 is 19.1 Å². The molecule has 0 heterocycles. The van der Waals surface area contributed by atoms with Gasteiger partial charge in [0.2, 0.25) is 0 Å². The maximum atomic E-state index is 11.5. The summed E-state index contributed by atoms with van der Waals surface area (Å²) in [6.07, 6.45) is 0.937. The van der Waals surface area contributed by atoms with E-state index in [0.29, 0.717) is 30.8 Å². The Bertz CT molecular complexity index is 454. The lowest BCUT2D eigenvalue weighted by molar-refractivity contribution is -0.155. The van der Waals surface area contributed by atoms with Gasteiger partial charge in [0.25, 0.3) is 0 Å². The van der Waals surface area contributed by atoms with Gasteiger partial charge in [0.15, 0.2) is 5.78 Å². The van der Waals surface area contributed by atoms with E-state index in [4.69, 9.17) is 9.47 Å². The molecule has 0 saturated heterocycles. The topological polar surface area (TPSA) is 52.6 Å². The average Bonchev–Trinajstić information content (AvgIpc) is 2.33. The second-order valence-electron chi connectivity index (χ2n) is 5.62. The van der Waals surface area contributed by atoms with E-state index in [9.17, 15) is 9.59 Å². The Morgan fingerprint density at radius 3 is 2.20 bits per heavy atom. The molecule has 0 radical (unpaired) electrons. The van der Waals surface area contributed by atoms with Gasteiger partial charge in [-0.25, -0.2) is 0 Å². The molecule has 0 spiro atoms.